The first-order valence-electron chi connectivity index (χ1n) is 9.06. The van der Waals surface area contributed by atoms with Gasteiger partial charge in [-0.05, 0) is 63.5 Å². The van der Waals surface area contributed by atoms with Crippen molar-refractivity contribution in [2.24, 2.45) is 0 Å². The molecule has 1 aliphatic heterocycles. The number of piperidine rings is 1. The fourth-order valence-corrected chi connectivity index (χ4v) is 3.93. The zero-order valence-electron chi connectivity index (χ0n) is 15.1. The molecule has 4 rings (SSSR count). The topological polar surface area (TPSA) is 64.8 Å². The zero-order chi connectivity index (χ0) is 18.3. The molecule has 0 aliphatic carbocycles. The van der Waals surface area contributed by atoms with Crippen LogP contribution in [0.25, 0.3) is 10.9 Å². The smallest absolute Gasteiger partial charge is 0.251 e. The number of hydrogen-bond donors (Lipinski definition) is 2. The molecule has 5 nitrogen and oxygen atoms in total. The Labute approximate surface area is 151 Å². The maximum absolute atomic E-state index is 13.5. The van der Waals surface area contributed by atoms with Gasteiger partial charge in [-0.15, -0.1) is 0 Å². The van der Waals surface area contributed by atoms with Gasteiger partial charge in [-0.1, -0.05) is 0 Å². The Morgan fingerprint density at radius 3 is 2.69 bits per heavy atom. The third-order valence-corrected chi connectivity index (χ3v) is 5.39. The van der Waals surface area contributed by atoms with Gasteiger partial charge in [-0.3, -0.25) is 9.69 Å². The van der Waals surface area contributed by atoms with Gasteiger partial charge in [-0.25, -0.2) is 9.37 Å². The highest BCUT2D eigenvalue weighted by molar-refractivity contribution is 5.84. The Morgan fingerprint density at radius 1 is 1.19 bits per heavy atom. The summed E-state index contributed by atoms with van der Waals surface area (Å²) < 4.78 is 13.5. The minimum absolute atomic E-state index is 0.0733. The van der Waals surface area contributed by atoms with Gasteiger partial charge in [0.05, 0.1) is 5.69 Å². The minimum atomic E-state index is -0.201. The number of likely N-dealkylation sites (tertiary alicyclic amines) is 1. The van der Waals surface area contributed by atoms with Crippen LogP contribution in [0.4, 0.5) is 4.39 Å². The fraction of sp³-hybridized carbons (Fsp3) is 0.400. The predicted molar refractivity (Wildman–Crippen MR) is 99.8 cm³/mol. The standard InChI is InChI=1S/C20H23FN4O/c1-12-16-9-15(21)3-4-17(16)24-19(12)11-25-7-5-14(6-8-25)18-10-20(26)23-13(2)22-18/h3-4,9-10,14,24H,5-8,11H2,1-2H3,(H,22,23,26). The van der Waals surface area contributed by atoms with Crippen LogP contribution >= 0.6 is 0 Å². The lowest BCUT2D eigenvalue weighted by Gasteiger charge is -2.31. The first-order valence-corrected chi connectivity index (χ1v) is 9.06. The summed E-state index contributed by atoms with van der Waals surface area (Å²) in [6.07, 6.45) is 1.98. The van der Waals surface area contributed by atoms with E-state index in [9.17, 15) is 9.18 Å². The van der Waals surface area contributed by atoms with Crippen molar-refractivity contribution in [2.45, 2.75) is 39.2 Å². The van der Waals surface area contributed by atoms with Gasteiger partial charge >= 0.3 is 0 Å². The molecule has 6 heteroatoms. The average molecular weight is 354 g/mol. The van der Waals surface area contributed by atoms with E-state index in [4.69, 9.17) is 0 Å². The number of aryl methyl sites for hydroxylation is 2. The Kier molecular flexibility index (Phi) is 4.36. The Hall–Kier alpha value is -2.47. The highest BCUT2D eigenvalue weighted by Crippen LogP contribution is 2.28. The third-order valence-electron chi connectivity index (χ3n) is 5.39. The monoisotopic (exact) mass is 354 g/mol. The molecule has 26 heavy (non-hydrogen) atoms. The summed E-state index contributed by atoms with van der Waals surface area (Å²) in [5, 5.41) is 0.957. The highest BCUT2D eigenvalue weighted by Gasteiger charge is 2.23. The van der Waals surface area contributed by atoms with E-state index in [2.05, 4.69) is 19.9 Å². The van der Waals surface area contributed by atoms with E-state index < -0.39 is 0 Å². The van der Waals surface area contributed by atoms with E-state index in [1.54, 1.807) is 18.2 Å². The van der Waals surface area contributed by atoms with Crippen molar-refractivity contribution in [3.05, 3.63) is 63.2 Å². The number of fused-ring (bicyclic) bond motifs is 1. The van der Waals surface area contributed by atoms with E-state index >= 15 is 0 Å². The van der Waals surface area contributed by atoms with Crippen LogP contribution in [-0.2, 0) is 6.54 Å². The second-order valence-corrected chi connectivity index (χ2v) is 7.22. The molecule has 0 bridgehead atoms. The molecule has 0 radical (unpaired) electrons. The minimum Gasteiger partial charge on any atom is -0.357 e. The lowest BCUT2D eigenvalue weighted by atomic mass is 9.93. The fourth-order valence-electron chi connectivity index (χ4n) is 3.93. The zero-order valence-corrected chi connectivity index (χ0v) is 15.1. The molecule has 1 saturated heterocycles. The molecular formula is C20H23FN4O. The second kappa shape index (κ2) is 6.68. The number of halogens is 1. The van der Waals surface area contributed by atoms with Crippen molar-refractivity contribution in [3.63, 3.8) is 0 Å². The molecule has 1 fully saturated rings. The maximum Gasteiger partial charge on any atom is 0.251 e. The molecule has 0 saturated carbocycles. The first-order chi connectivity index (χ1) is 12.5. The van der Waals surface area contributed by atoms with Gasteiger partial charge in [0.15, 0.2) is 0 Å². The first kappa shape index (κ1) is 17.0. The lowest BCUT2D eigenvalue weighted by molar-refractivity contribution is 0.201. The molecule has 1 aliphatic rings. The molecule has 1 aromatic carbocycles. The Morgan fingerprint density at radius 2 is 1.96 bits per heavy atom. The molecule has 3 aromatic rings. The summed E-state index contributed by atoms with van der Waals surface area (Å²) in [5.74, 6) is 0.814. The average Bonchev–Trinajstić information content (AvgIpc) is 2.90. The Balaban J connectivity index is 1.45. The number of benzene rings is 1. The van der Waals surface area contributed by atoms with Crippen LogP contribution in [0.2, 0.25) is 0 Å². The largest absolute Gasteiger partial charge is 0.357 e. The molecule has 2 N–H and O–H groups in total. The number of aromatic nitrogens is 3. The van der Waals surface area contributed by atoms with Crippen molar-refractivity contribution < 1.29 is 4.39 Å². The van der Waals surface area contributed by atoms with Gasteiger partial charge in [0.2, 0.25) is 0 Å². The van der Waals surface area contributed by atoms with E-state index in [0.717, 1.165) is 60.3 Å². The molecule has 0 amide bonds. The summed E-state index contributed by atoms with van der Waals surface area (Å²) in [6, 6.07) is 6.51. The molecular weight excluding hydrogens is 331 g/mol. The van der Waals surface area contributed by atoms with Gasteiger partial charge in [0.25, 0.3) is 5.56 Å². The van der Waals surface area contributed by atoms with Crippen LogP contribution < -0.4 is 5.56 Å². The quantitative estimate of drug-likeness (QED) is 0.758. The van der Waals surface area contributed by atoms with E-state index in [-0.39, 0.29) is 11.4 Å². The molecule has 3 heterocycles. The summed E-state index contributed by atoms with van der Waals surface area (Å²) in [7, 11) is 0. The molecule has 0 unspecified atom stereocenters. The van der Waals surface area contributed by atoms with Crippen LogP contribution in [0.15, 0.2) is 29.1 Å². The lowest BCUT2D eigenvalue weighted by Crippen LogP contribution is -2.33. The van der Waals surface area contributed by atoms with Gasteiger partial charge in [-0.2, -0.15) is 0 Å². The summed E-state index contributed by atoms with van der Waals surface area (Å²) in [5.41, 5.74) is 4.08. The number of rotatable bonds is 3. The SMILES string of the molecule is Cc1nc(C2CCN(Cc3[nH]c4ccc(F)cc4c3C)CC2)cc(=O)[nH]1. The van der Waals surface area contributed by atoms with Gasteiger partial charge in [0, 0.05) is 35.1 Å². The van der Waals surface area contributed by atoms with Crippen LogP contribution in [-0.4, -0.2) is 32.9 Å². The molecule has 0 spiro atoms. The number of hydrogen-bond acceptors (Lipinski definition) is 3. The Bertz CT molecular complexity index is 999. The van der Waals surface area contributed by atoms with Crippen LogP contribution in [0.1, 0.15) is 41.5 Å². The molecule has 2 aromatic heterocycles. The maximum atomic E-state index is 13.5. The second-order valence-electron chi connectivity index (χ2n) is 7.22. The van der Waals surface area contributed by atoms with E-state index in [1.165, 1.54) is 6.07 Å². The third kappa shape index (κ3) is 3.29. The van der Waals surface area contributed by atoms with Crippen molar-refractivity contribution in [3.8, 4) is 0 Å². The summed E-state index contributed by atoms with van der Waals surface area (Å²) in [4.78, 5) is 24.7. The number of nitrogens with one attached hydrogen (secondary N) is 2. The van der Waals surface area contributed by atoms with Gasteiger partial charge in [0.1, 0.15) is 11.6 Å². The van der Waals surface area contributed by atoms with E-state index in [0.29, 0.717) is 11.7 Å². The van der Waals surface area contributed by atoms with Crippen molar-refractivity contribution in [1.82, 2.24) is 19.9 Å². The van der Waals surface area contributed by atoms with Crippen molar-refractivity contribution >= 4 is 10.9 Å². The van der Waals surface area contributed by atoms with Gasteiger partial charge < -0.3 is 9.97 Å². The number of nitrogens with zero attached hydrogens (tertiary/aromatic N) is 2. The van der Waals surface area contributed by atoms with Crippen molar-refractivity contribution in [2.75, 3.05) is 13.1 Å². The van der Waals surface area contributed by atoms with Crippen LogP contribution in [0, 0.1) is 19.7 Å². The predicted octanol–water partition coefficient (Wildman–Crippen LogP) is 3.39. The normalized spacial score (nSPS) is 16.4. The van der Waals surface area contributed by atoms with Crippen LogP contribution in [0.3, 0.4) is 0 Å². The number of aromatic amines is 2. The number of H-pyrrole nitrogens is 2. The van der Waals surface area contributed by atoms with Crippen molar-refractivity contribution in [1.29, 1.82) is 0 Å². The van der Waals surface area contributed by atoms with Crippen LogP contribution in [0.5, 0.6) is 0 Å². The highest BCUT2D eigenvalue weighted by atomic mass is 19.1. The van der Waals surface area contributed by atoms with E-state index in [1.807, 2.05) is 13.8 Å². The summed E-state index contributed by atoms with van der Waals surface area (Å²) >= 11 is 0. The molecule has 0 atom stereocenters. The molecule has 136 valence electrons. The summed E-state index contributed by atoms with van der Waals surface area (Å²) in [6.45, 7) is 6.62.